The summed E-state index contributed by atoms with van der Waals surface area (Å²) in [5.41, 5.74) is -1.53. The van der Waals surface area contributed by atoms with Gasteiger partial charge in [-0.2, -0.15) is 0 Å². The molecule has 0 saturated heterocycles. The fourth-order valence-corrected chi connectivity index (χ4v) is 1.91. The Labute approximate surface area is 129 Å². The zero-order valence-electron chi connectivity index (χ0n) is 11.7. The van der Waals surface area contributed by atoms with Gasteiger partial charge < -0.3 is 20.1 Å². The van der Waals surface area contributed by atoms with Gasteiger partial charge in [-0.1, -0.05) is 0 Å². The Morgan fingerprint density at radius 2 is 2.19 bits per heavy atom. The van der Waals surface area contributed by atoms with Gasteiger partial charge in [0.1, 0.15) is 0 Å². The molecule has 8 heteroatoms. The molecule has 1 aromatic rings. The number of aromatic amines is 1. The predicted molar refractivity (Wildman–Crippen MR) is 79.0 cm³/mol. The summed E-state index contributed by atoms with van der Waals surface area (Å²) in [6.45, 7) is 3.20. The minimum atomic E-state index is -1.42. The summed E-state index contributed by atoms with van der Waals surface area (Å²) in [6.07, 6.45) is 1.04. The minimum Gasteiger partial charge on any atom is -0.466 e. The van der Waals surface area contributed by atoms with Gasteiger partial charge in [0.2, 0.25) is 0 Å². The van der Waals surface area contributed by atoms with Gasteiger partial charge in [0.15, 0.2) is 0 Å². The maximum absolute atomic E-state index is 11.9. The average molecular weight is 361 g/mol. The maximum atomic E-state index is 11.9. The molecule has 3 N–H and O–H groups in total. The number of nitrogens with one attached hydrogen (secondary N) is 2. The molecule has 0 radical (unpaired) electrons. The highest BCUT2D eigenvalue weighted by Gasteiger charge is 2.26. The van der Waals surface area contributed by atoms with E-state index >= 15 is 0 Å². The average Bonchev–Trinajstić information content (AvgIpc) is 2.39. The van der Waals surface area contributed by atoms with Gasteiger partial charge in [-0.3, -0.25) is 14.4 Å². The Morgan fingerprint density at radius 3 is 2.76 bits per heavy atom. The fourth-order valence-electron chi connectivity index (χ4n) is 1.55. The molecule has 0 unspecified atom stereocenters. The van der Waals surface area contributed by atoms with Crippen LogP contribution in [0, 0.1) is 0 Å². The van der Waals surface area contributed by atoms with Crippen LogP contribution in [0.15, 0.2) is 21.5 Å². The molecule has 116 valence electrons. The molecule has 0 saturated carbocycles. The number of esters is 1. The lowest BCUT2D eigenvalue weighted by Gasteiger charge is -2.22. The van der Waals surface area contributed by atoms with E-state index in [1.165, 1.54) is 19.2 Å². The quantitative estimate of drug-likeness (QED) is 0.642. The number of halogens is 1. The third-order valence-corrected chi connectivity index (χ3v) is 3.17. The van der Waals surface area contributed by atoms with E-state index in [9.17, 15) is 19.5 Å². The summed E-state index contributed by atoms with van der Waals surface area (Å²) in [6, 6.07) is 1.37. The largest absolute Gasteiger partial charge is 0.466 e. The van der Waals surface area contributed by atoms with Gasteiger partial charge >= 0.3 is 5.97 Å². The van der Waals surface area contributed by atoms with Crippen LogP contribution in [-0.4, -0.2) is 40.7 Å². The number of rotatable bonds is 6. The van der Waals surface area contributed by atoms with E-state index in [-0.39, 0.29) is 35.2 Å². The van der Waals surface area contributed by atoms with E-state index in [0.717, 1.165) is 0 Å². The van der Waals surface area contributed by atoms with Gasteiger partial charge in [-0.05, 0) is 35.8 Å². The predicted octanol–water partition coefficient (Wildman–Crippen LogP) is 0.571. The summed E-state index contributed by atoms with van der Waals surface area (Å²) < 4.78 is 4.97. The van der Waals surface area contributed by atoms with Crippen LogP contribution in [0.2, 0.25) is 0 Å². The summed E-state index contributed by atoms with van der Waals surface area (Å²) in [5.74, 6) is -1.01. The Bertz CT molecular complexity index is 582. The van der Waals surface area contributed by atoms with Crippen LogP contribution in [0.1, 0.15) is 30.6 Å². The van der Waals surface area contributed by atoms with Crippen LogP contribution in [0.5, 0.6) is 0 Å². The molecule has 0 bridgehead atoms. The highest BCUT2D eigenvalue weighted by atomic mass is 79.9. The van der Waals surface area contributed by atoms with E-state index in [1.54, 1.807) is 6.92 Å². The second kappa shape index (κ2) is 7.37. The maximum Gasteiger partial charge on any atom is 0.308 e. The molecule has 0 aliphatic rings. The number of hydrogen-bond acceptors (Lipinski definition) is 5. The number of amides is 1. The third-order valence-electron chi connectivity index (χ3n) is 2.58. The molecule has 7 nitrogen and oxygen atoms in total. The lowest BCUT2D eigenvalue weighted by Crippen LogP contribution is -2.42. The van der Waals surface area contributed by atoms with Crippen molar-refractivity contribution in [3.63, 3.8) is 0 Å². The Kier molecular flexibility index (Phi) is 6.10. The minimum absolute atomic E-state index is 0.124. The molecular formula is C13H17BrN2O5. The van der Waals surface area contributed by atoms with Crippen molar-refractivity contribution in [3.8, 4) is 0 Å². The van der Waals surface area contributed by atoms with Crippen molar-refractivity contribution in [2.75, 3.05) is 13.2 Å². The molecular weight excluding hydrogens is 344 g/mol. The highest BCUT2D eigenvalue weighted by Crippen LogP contribution is 2.10. The monoisotopic (exact) mass is 360 g/mol. The zero-order valence-corrected chi connectivity index (χ0v) is 13.3. The van der Waals surface area contributed by atoms with Crippen LogP contribution in [0.4, 0.5) is 0 Å². The highest BCUT2D eigenvalue weighted by molar-refractivity contribution is 9.10. The standard InChI is InChI=1S/C13H17BrN2O5/c1-3-21-10(17)5-13(2,20)7-16-11(18)8-4-9(14)12(19)15-6-8/h4,6,20H,3,5,7H2,1-2H3,(H,15,19)(H,16,18)/t13-/m1/s1. The molecule has 1 rings (SSSR count). The SMILES string of the molecule is CCOC(=O)C[C@@](C)(O)CNC(=O)c1c[nH]c(=O)c(Br)c1. The zero-order chi connectivity index (χ0) is 16.0. The number of carbonyl (C=O) groups excluding carboxylic acids is 2. The van der Waals surface area contributed by atoms with E-state index < -0.39 is 17.5 Å². The number of hydrogen-bond donors (Lipinski definition) is 3. The summed E-state index contributed by atoms with van der Waals surface area (Å²) in [4.78, 5) is 36.8. The van der Waals surface area contributed by atoms with Crippen molar-refractivity contribution in [3.05, 3.63) is 32.7 Å². The fraction of sp³-hybridized carbons (Fsp3) is 0.462. The third kappa shape index (κ3) is 5.68. The first-order valence-corrected chi connectivity index (χ1v) is 7.09. The van der Waals surface area contributed by atoms with Gasteiger partial charge in [-0.25, -0.2) is 0 Å². The number of H-pyrrole nitrogens is 1. The molecule has 1 atom stereocenters. The molecule has 0 aromatic carbocycles. The van der Waals surface area contributed by atoms with Crippen LogP contribution in [0.25, 0.3) is 0 Å². The van der Waals surface area contributed by atoms with Crippen molar-refractivity contribution < 1.29 is 19.4 Å². The smallest absolute Gasteiger partial charge is 0.308 e. The Hall–Kier alpha value is -1.67. The Morgan fingerprint density at radius 1 is 1.52 bits per heavy atom. The number of aromatic nitrogens is 1. The van der Waals surface area contributed by atoms with E-state index in [1.807, 2.05) is 0 Å². The number of carbonyl (C=O) groups is 2. The van der Waals surface area contributed by atoms with Crippen molar-refractivity contribution in [1.29, 1.82) is 0 Å². The number of ether oxygens (including phenoxy) is 1. The van der Waals surface area contributed by atoms with Crippen molar-refractivity contribution in [1.82, 2.24) is 10.3 Å². The van der Waals surface area contributed by atoms with Crippen LogP contribution in [0.3, 0.4) is 0 Å². The van der Waals surface area contributed by atoms with Gasteiger partial charge in [0.25, 0.3) is 11.5 Å². The lowest BCUT2D eigenvalue weighted by atomic mass is 10.0. The second-order valence-electron chi connectivity index (χ2n) is 4.73. The van der Waals surface area contributed by atoms with Gasteiger partial charge in [0, 0.05) is 12.7 Å². The topological polar surface area (TPSA) is 108 Å². The summed E-state index contributed by atoms with van der Waals surface area (Å²) in [5, 5.41) is 12.5. The van der Waals surface area contributed by atoms with Gasteiger partial charge in [0.05, 0.1) is 28.7 Å². The van der Waals surface area contributed by atoms with Gasteiger partial charge in [-0.15, -0.1) is 0 Å². The molecule has 1 aromatic heterocycles. The second-order valence-corrected chi connectivity index (χ2v) is 5.58. The molecule has 0 fully saturated rings. The normalized spacial score (nSPS) is 13.3. The van der Waals surface area contributed by atoms with E-state index in [2.05, 4.69) is 26.2 Å². The molecule has 21 heavy (non-hydrogen) atoms. The molecule has 1 heterocycles. The molecule has 1 amide bonds. The van der Waals surface area contributed by atoms with Crippen LogP contribution in [-0.2, 0) is 9.53 Å². The first kappa shape index (κ1) is 17.4. The molecule has 0 aliphatic carbocycles. The van der Waals surface area contributed by atoms with Crippen molar-refractivity contribution in [2.45, 2.75) is 25.9 Å². The van der Waals surface area contributed by atoms with Crippen molar-refractivity contribution in [2.24, 2.45) is 0 Å². The van der Waals surface area contributed by atoms with E-state index in [0.29, 0.717) is 0 Å². The summed E-state index contributed by atoms with van der Waals surface area (Å²) >= 11 is 3.02. The Balaban J connectivity index is 2.60. The summed E-state index contributed by atoms with van der Waals surface area (Å²) in [7, 11) is 0. The molecule has 0 aliphatic heterocycles. The first-order chi connectivity index (χ1) is 9.75. The molecule has 0 spiro atoms. The first-order valence-electron chi connectivity index (χ1n) is 6.29. The van der Waals surface area contributed by atoms with Crippen molar-refractivity contribution >= 4 is 27.8 Å². The number of aliphatic hydroxyl groups is 1. The number of pyridine rings is 1. The van der Waals surface area contributed by atoms with E-state index in [4.69, 9.17) is 4.74 Å². The lowest BCUT2D eigenvalue weighted by molar-refractivity contribution is -0.147. The van der Waals surface area contributed by atoms with Crippen LogP contribution >= 0.6 is 15.9 Å². The van der Waals surface area contributed by atoms with Crippen LogP contribution < -0.4 is 10.9 Å².